The molecule has 0 fully saturated rings. The molecule has 0 aromatic rings. The summed E-state index contributed by atoms with van der Waals surface area (Å²) in [5, 5.41) is 36.4. The largest absolute Gasteiger partial charge is 0.481 e. The first-order chi connectivity index (χ1) is 8.12. The van der Waals surface area contributed by atoms with Crippen LogP contribution in [0.4, 0.5) is 0 Å². The van der Waals surface area contributed by atoms with Crippen LogP contribution in [0.2, 0.25) is 0 Å². The van der Waals surface area contributed by atoms with E-state index in [0.29, 0.717) is 6.42 Å². The van der Waals surface area contributed by atoms with E-state index in [0.717, 1.165) is 0 Å². The molecule has 0 amide bonds. The van der Waals surface area contributed by atoms with Gasteiger partial charge in [0.25, 0.3) is 0 Å². The second-order valence-corrected chi connectivity index (χ2v) is 4.73. The molecule has 0 saturated heterocycles. The number of rotatable bonds is 8. The van der Waals surface area contributed by atoms with E-state index in [-0.39, 0.29) is 19.3 Å². The summed E-state index contributed by atoms with van der Waals surface area (Å²) in [5.41, 5.74) is -1.41. The van der Waals surface area contributed by atoms with E-state index in [4.69, 9.17) is 10.2 Å². The first kappa shape index (κ1) is 16.8. The van der Waals surface area contributed by atoms with Gasteiger partial charge in [-0.1, -0.05) is 0 Å². The Bertz CT molecular complexity index is 296. The fourth-order valence-corrected chi connectivity index (χ4v) is 0.996. The van der Waals surface area contributed by atoms with Gasteiger partial charge in [0, 0.05) is 12.8 Å². The van der Waals surface area contributed by atoms with Gasteiger partial charge >= 0.3 is 17.9 Å². The van der Waals surface area contributed by atoms with Crippen molar-refractivity contribution in [1.82, 2.24) is 0 Å². The number of unbranched alkanes of at least 4 members (excludes halogenated alkanes) is 1. The molecule has 0 aliphatic carbocycles. The zero-order valence-electron chi connectivity index (χ0n) is 10.5. The van der Waals surface area contributed by atoms with Gasteiger partial charge in [-0.15, -0.1) is 0 Å². The standard InChI is InChI=1S/C11H20O7/c1-10(2,7-12)11(16,17)18-9(15)6-4-3-5-8(13)14/h12,16-17H,3-7H2,1-2H3,(H,13,14). The SMILES string of the molecule is CC(C)(CO)C(O)(O)OC(=O)CCCCC(=O)O. The summed E-state index contributed by atoms with van der Waals surface area (Å²) in [6.07, 6.45) is 0.412. The lowest BCUT2D eigenvalue weighted by atomic mass is 9.91. The molecule has 7 nitrogen and oxygen atoms in total. The molecule has 18 heavy (non-hydrogen) atoms. The molecule has 0 unspecified atom stereocenters. The number of carboxylic acid groups (broad SMARTS) is 1. The van der Waals surface area contributed by atoms with Gasteiger partial charge in [-0.3, -0.25) is 9.59 Å². The van der Waals surface area contributed by atoms with Crippen LogP contribution in [0.3, 0.4) is 0 Å². The van der Waals surface area contributed by atoms with Crippen molar-refractivity contribution in [2.75, 3.05) is 6.61 Å². The Labute approximate surface area is 105 Å². The number of ether oxygens (including phenoxy) is 1. The summed E-state index contributed by atoms with van der Waals surface area (Å²) >= 11 is 0. The molecule has 0 spiro atoms. The highest BCUT2D eigenvalue weighted by Crippen LogP contribution is 2.29. The number of carboxylic acids is 1. The van der Waals surface area contributed by atoms with E-state index in [1.807, 2.05) is 0 Å². The summed E-state index contributed by atoms with van der Waals surface area (Å²) in [5.74, 6) is -4.57. The third-order valence-corrected chi connectivity index (χ3v) is 2.55. The molecule has 0 aromatic carbocycles. The van der Waals surface area contributed by atoms with Crippen molar-refractivity contribution in [3.8, 4) is 0 Å². The maximum atomic E-state index is 11.3. The van der Waals surface area contributed by atoms with Gasteiger partial charge < -0.3 is 25.2 Å². The Balaban J connectivity index is 4.12. The minimum atomic E-state index is -2.76. The average molecular weight is 264 g/mol. The fourth-order valence-electron chi connectivity index (χ4n) is 0.996. The highest BCUT2D eigenvalue weighted by atomic mass is 16.8. The Kier molecular flexibility index (Phi) is 6.23. The van der Waals surface area contributed by atoms with Crippen LogP contribution in [0.25, 0.3) is 0 Å². The monoisotopic (exact) mass is 264 g/mol. The van der Waals surface area contributed by atoms with E-state index in [2.05, 4.69) is 4.74 Å². The number of aliphatic hydroxyl groups excluding tert-OH is 1. The van der Waals surface area contributed by atoms with Crippen LogP contribution in [0.5, 0.6) is 0 Å². The predicted molar refractivity (Wildman–Crippen MR) is 60.2 cm³/mol. The van der Waals surface area contributed by atoms with Crippen molar-refractivity contribution < 1.29 is 34.8 Å². The molecule has 106 valence electrons. The number of carbonyl (C=O) groups excluding carboxylic acids is 1. The number of carbonyl (C=O) groups is 2. The maximum Gasteiger partial charge on any atom is 0.331 e. The highest BCUT2D eigenvalue weighted by molar-refractivity contribution is 5.70. The highest BCUT2D eigenvalue weighted by Gasteiger charge is 2.45. The maximum absolute atomic E-state index is 11.3. The van der Waals surface area contributed by atoms with Crippen LogP contribution in [0, 0.1) is 5.41 Å². The van der Waals surface area contributed by atoms with Gasteiger partial charge in [0.1, 0.15) is 0 Å². The second-order valence-electron chi connectivity index (χ2n) is 4.73. The quantitative estimate of drug-likeness (QED) is 0.272. The van der Waals surface area contributed by atoms with Crippen LogP contribution < -0.4 is 0 Å². The van der Waals surface area contributed by atoms with Gasteiger partial charge in [-0.05, 0) is 26.7 Å². The summed E-state index contributed by atoms with van der Waals surface area (Å²) in [7, 11) is 0. The Morgan fingerprint density at radius 1 is 1.11 bits per heavy atom. The Hall–Kier alpha value is -1.18. The van der Waals surface area contributed by atoms with Crippen LogP contribution >= 0.6 is 0 Å². The molecule has 0 rings (SSSR count). The number of hydrogen-bond acceptors (Lipinski definition) is 6. The molecule has 0 atom stereocenters. The summed E-state index contributed by atoms with van der Waals surface area (Å²) in [4.78, 5) is 21.5. The predicted octanol–water partition coefficient (Wildman–Crippen LogP) is -0.169. The molecule has 0 aliphatic heterocycles. The number of hydrogen-bond donors (Lipinski definition) is 4. The topological polar surface area (TPSA) is 124 Å². The van der Waals surface area contributed by atoms with Gasteiger partial charge in [-0.2, -0.15) is 0 Å². The van der Waals surface area contributed by atoms with E-state index in [9.17, 15) is 19.8 Å². The molecular formula is C11H20O7. The van der Waals surface area contributed by atoms with E-state index >= 15 is 0 Å². The normalized spacial score (nSPS) is 12.3. The van der Waals surface area contributed by atoms with Gasteiger partial charge in [0.05, 0.1) is 12.0 Å². The Morgan fingerprint density at radius 2 is 1.61 bits per heavy atom. The molecule has 0 radical (unpaired) electrons. The van der Waals surface area contributed by atoms with Crippen molar-refractivity contribution in [2.24, 2.45) is 5.41 Å². The molecule has 7 heteroatoms. The summed E-state index contributed by atoms with van der Waals surface area (Å²) in [6, 6.07) is 0. The molecule has 0 aromatic heterocycles. The molecule has 0 bridgehead atoms. The van der Waals surface area contributed by atoms with Crippen molar-refractivity contribution in [3.05, 3.63) is 0 Å². The second kappa shape index (κ2) is 6.67. The van der Waals surface area contributed by atoms with Crippen LogP contribution in [0.15, 0.2) is 0 Å². The fraction of sp³-hybridized carbons (Fsp3) is 0.818. The third kappa shape index (κ3) is 5.44. The molecule has 4 N–H and O–H groups in total. The third-order valence-electron chi connectivity index (χ3n) is 2.55. The first-order valence-corrected chi connectivity index (χ1v) is 5.61. The van der Waals surface area contributed by atoms with Gasteiger partial charge in [-0.25, -0.2) is 0 Å². The van der Waals surface area contributed by atoms with Crippen LogP contribution in [-0.4, -0.2) is 44.9 Å². The number of aliphatic hydroxyl groups is 3. The molecule has 0 aliphatic rings. The lowest BCUT2D eigenvalue weighted by Crippen LogP contribution is -2.50. The summed E-state index contributed by atoms with van der Waals surface area (Å²) < 4.78 is 4.47. The van der Waals surface area contributed by atoms with Crippen molar-refractivity contribution in [2.45, 2.75) is 45.5 Å². The zero-order valence-corrected chi connectivity index (χ0v) is 10.5. The minimum absolute atomic E-state index is 0.0567. The Morgan fingerprint density at radius 3 is 2.06 bits per heavy atom. The number of esters is 1. The zero-order chi connectivity index (χ0) is 14.4. The van der Waals surface area contributed by atoms with Crippen molar-refractivity contribution in [1.29, 1.82) is 0 Å². The lowest BCUT2D eigenvalue weighted by Gasteiger charge is -2.35. The smallest absolute Gasteiger partial charge is 0.331 e. The average Bonchev–Trinajstić information content (AvgIpc) is 2.23. The van der Waals surface area contributed by atoms with E-state index in [1.165, 1.54) is 13.8 Å². The van der Waals surface area contributed by atoms with Crippen molar-refractivity contribution >= 4 is 11.9 Å². The lowest BCUT2D eigenvalue weighted by molar-refractivity contribution is -0.374. The number of aliphatic carboxylic acids is 1. The van der Waals surface area contributed by atoms with Crippen LogP contribution in [-0.2, 0) is 14.3 Å². The summed E-state index contributed by atoms with van der Waals surface area (Å²) in [6.45, 7) is 2.07. The van der Waals surface area contributed by atoms with Gasteiger partial charge in [0.15, 0.2) is 0 Å². The van der Waals surface area contributed by atoms with Crippen LogP contribution in [0.1, 0.15) is 39.5 Å². The molecule has 0 heterocycles. The van der Waals surface area contributed by atoms with E-state index in [1.54, 1.807) is 0 Å². The van der Waals surface area contributed by atoms with E-state index < -0.39 is 29.9 Å². The first-order valence-electron chi connectivity index (χ1n) is 5.61. The van der Waals surface area contributed by atoms with Crippen molar-refractivity contribution in [3.63, 3.8) is 0 Å². The molecule has 0 saturated carbocycles. The minimum Gasteiger partial charge on any atom is -0.481 e. The molecular weight excluding hydrogens is 244 g/mol. The van der Waals surface area contributed by atoms with Gasteiger partial charge in [0.2, 0.25) is 0 Å².